The van der Waals surface area contributed by atoms with Gasteiger partial charge in [0.15, 0.2) is 5.65 Å². The van der Waals surface area contributed by atoms with Gasteiger partial charge in [-0.3, -0.25) is 0 Å². The summed E-state index contributed by atoms with van der Waals surface area (Å²) in [6, 6.07) is 8.89. The van der Waals surface area contributed by atoms with Crippen LogP contribution in [0.1, 0.15) is 24.1 Å². The average Bonchev–Trinajstić information content (AvgIpc) is 3.28. The smallest absolute Gasteiger partial charge is 0.269 e. The summed E-state index contributed by atoms with van der Waals surface area (Å²) < 4.78 is 27.5. The zero-order valence-electron chi connectivity index (χ0n) is 13.8. The molecule has 2 heterocycles. The molecule has 1 N–H and O–H groups in total. The Bertz CT molecular complexity index is 1070. The second-order valence-electron chi connectivity index (χ2n) is 6.37. The number of rotatable bonds is 4. The van der Waals surface area contributed by atoms with Crippen LogP contribution in [0.25, 0.3) is 11.0 Å². The Balaban J connectivity index is 1.93. The van der Waals surface area contributed by atoms with Gasteiger partial charge in [0.1, 0.15) is 5.82 Å². The van der Waals surface area contributed by atoms with Crippen molar-refractivity contribution < 1.29 is 8.42 Å². The normalized spacial score (nSPS) is 14.8. The minimum Gasteiger partial charge on any atom is -0.367 e. The van der Waals surface area contributed by atoms with Crippen LogP contribution in [0.4, 0.5) is 5.82 Å². The summed E-state index contributed by atoms with van der Waals surface area (Å²) in [5.74, 6) is 0.582. The number of aryl methyl sites for hydroxylation is 2. The van der Waals surface area contributed by atoms with E-state index in [4.69, 9.17) is 11.6 Å². The SMILES string of the molecule is Cc1ccc(S(=O)(=O)n2c(C)cc3c(NC4CC4)nc(Cl)nc32)cc1. The minimum absolute atomic E-state index is 0.0223. The van der Waals surface area contributed by atoms with E-state index in [0.29, 0.717) is 28.6 Å². The topological polar surface area (TPSA) is 76.9 Å². The zero-order valence-corrected chi connectivity index (χ0v) is 15.4. The summed E-state index contributed by atoms with van der Waals surface area (Å²) in [7, 11) is -3.78. The Labute approximate surface area is 150 Å². The number of nitrogens with zero attached hydrogens (tertiary/aromatic N) is 3. The summed E-state index contributed by atoms with van der Waals surface area (Å²) in [5, 5.41) is 3.97. The molecule has 2 aromatic heterocycles. The van der Waals surface area contributed by atoms with Crippen molar-refractivity contribution in [3.63, 3.8) is 0 Å². The van der Waals surface area contributed by atoms with Gasteiger partial charge in [-0.25, -0.2) is 17.4 Å². The molecule has 0 amide bonds. The molecular formula is C17H17ClN4O2S. The number of halogens is 1. The molecule has 0 spiro atoms. The van der Waals surface area contributed by atoms with Crippen LogP contribution in [0.5, 0.6) is 0 Å². The summed E-state index contributed by atoms with van der Waals surface area (Å²) in [6.45, 7) is 3.65. The Hall–Kier alpha value is -2.12. The number of aromatic nitrogens is 3. The number of hydrogen-bond acceptors (Lipinski definition) is 5. The molecule has 25 heavy (non-hydrogen) atoms. The Morgan fingerprint density at radius 3 is 2.48 bits per heavy atom. The molecule has 1 saturated carbocycles. The fourth-order valence-corrected chi connectivity index (χ4v) is 4.46. The van der Waals surface area contributed by atoms with Crippen LogP contribution >= 0.6 is 11.6 Å². The van der Waals surface area contributed by atoms with Crippen LogP contribution < -0.4 is 5.32 Å². The van der Waals surface area contributed by atoms with Gasteiger partial charge in [0.25, 0.3) is 10.0 Å². The van der Waals surface area contributed by atoms with Crippen LogP contribution in [0.15, 0.2) is 35.2 Å². The van der Waals surface area contributed by atoms with Crippen molar-refractivity contribution in [2.45, 2.75) is 37.6 Å². The van der Waals surface area contributed by atoms with Crippen LogP contribution in [0.2, 0.25) is 5.28 Å². The fraction of sp³-hybridized carbons (Fsp3) is 0.294. The van der Waals surface area contributed by atoms with Crippen molar-refractivity contribution in [2.75, 3.05) is 5.32 Å². The monoisotopic (exact) mass is 376 g/mol. The lowest BCUT2D eigenvalue weighted by Gasteiger charge is -2.10. The standard InChI is InChI=1S/C17H17ClN4O2S/c1-10-3-7-13(8-4-10)25(23,24)22-11(2)9-14-15(19-12-5-6-12)20-17(18)21-16(14)22/h3-4,7-9,12H,5-6H2,1-2H3,(H,19,20,21). The number of hydrogen-bond donors (Lipinski definition) is 1. The van der Waals surface area contributed by atoms with Crippen molar-refractivity contribution >= 4 is 38.5 Å². The first-order chi connectivity index (χ1) is 11.9. The van der Waals surface area contributed by atoms with Gasteiger partial charge < -0.3 is 5.32 Å². The summed E-state index contributed by atoms with van der Waals surface area (Å²) in [4.78, 5) is 8.64. The van der Waals surface area contributed by atoms with Crippen molar-refractivity contribution in [2.24, 2.45) is 0 Å². The largest absolute Gasteiger partial charge is 0.367 e. The first-order valence-electron chi connectivity index (χ1n) is 8.00. The van der Waals surface area contributed by atoms with Crippen LogP contribution in [0.3, 0.4) is 0 Å². The molecule has 4 rings (SSSR count). The third-order valence-electron chi connectivity index (χ3n) is 4.24. The van der Waals surface area contributed by atoms with E-state index in [1.54, 1.807) is 37.3 Å². The second-order valence-corrected chi connectivity index (χ2v) is 8.49. The maximum absolute atomic E-state index is 13.1. The molecule has 0 radical (unpaired) electrons. The molecule has 0 aliphatic heterocycles. The molecule has 1 fully saturated rings. The van der Waals surface area contributed by atoms with Crippen molar-refractivity contribution in [3.05, 3.63) is 46.9 Å². The van der Waals surface area contributed by atoms with E-state index in [2.05, 4.69) is 15.3 Å². The van der Waals surface area contributed by atoms with E-state index >= 15 is 0 Å². The number of benzene rings is 1. The lowest BCUT2D eigenvalue weighted by Crippen LogP contribution is -2.15. The van der Waals surface area contributed by atoms with Gasteiger partial charge in [0.05, 0.1) is 10.3 Å². The highest BCUT2D eigenvalue weighted by molar-refractivity contribution is 7.90. The predicted molar refractivity (Wildman–Crippen MR) is 97.7 cm³/mol. The van der Waals surface area contributed by atoms with Crippen molar-refractivity contribution in [1.82, 2.24) is 13.9 Å². The Morgan fingerprint density at radius 1 is 1.16 bits per heavy atom. The van der Waals surface area contributed by atoms with Crippen LogP contribution in [-0.2, 0) is 10.0 Å². The third kappa shape index (κ3) is 2.87. The highest BCUT2D eigenvalue weighted by Crippen LogP contribution is 2.32. The van der Waals surface area contributed by atoms with E-state index < -0.39 is 10.0 Å². The molecule has 0 saturated heterocycles. The van der Waals surface area contributed by atoms with E-state index in [0.717, 1.165) is 18.4 Å². The maximum atomic E-state index is 13.1. The Morgan fingerprint density at radius 2 is 1.84 bits per heavy atom. The molecule has 6 nitrogen and oxygen atoms in total. The maximum Gasteiger partial charge on any atom is 0.269 e. The van der Waals surface area contributed by atoms with E-state index in [1.165, 1.54) is 3.97 Å². The van der Waals surface area contributed by atoms with Gasteiger partial charge in [-0.15, -0.1) is 0 Å². The van der Waals surface area contributed by atoms with Gasteiger partial charge in [-0.1, -0.05) is 17.7 Å². The summed E-state index contributed by atoms with van der Waals surface area (Å²) in [6.07, 6.45) is 2.15. The molecule has 8 heteroatoms. The van der Waals surface area contributed by atoms with Gasteiger partial charge >= 0.3 is 0 Å². The zero-order chi connectivity index (χ0) is 17.8. The highest BCUT2D eigenvalue weighted by atomic mass is 35.5. The lowest BCUT2D eigenvalue weighted by atomic mass is 10.2. The third-order valence-corrected chi connectivity index (χ3v) is 6.22. The first kappa shape index (κ1) is 16.4. The van der Waals surface area contributed by atoms with Gasteiger partial charge in [0.2, 0.25) is 5.28 Å². The molecule has 1 aromatic carbocycles. The van der Waals surface area contributed by atoms with Gasteiger partial charge in [0, 0.05) is 11.7 Å². The minimum atomic E-state index is -3.78. The number of fused-ring (bicyclic) bond motifs is 1. The number of anilines is 1. The molecule has 0 bridgehead atoms. The van der Waals surface area contributed by atoms with Gasteiger partial charge in [-0.05, 0) is 56.5 Å². The molecule has 130 valence electrons. The van der Waals surface area contributed by atoms with Gasteiger partial charge in [-0.2, -0.15) is 4.98 Å². The number of nitrogens with one attached hydrogen (secondary N) is 1. The van der Waals surface area contributed by atoms with Crippen LogP contribution in [0, 0.1) is 13.8 Å². The molecule has 3 aromatic rings. The predicted octanol–water partition coefficient (Wildman–Crippen LogP) is 3.51. The van der Waals surface area contributed by atoms with E-state index in [1.807, 2.05) is 6.92 Å². The van der Waals surface area contributed by atoms with E-state index in [-0.39, 0.29) is 10.2 Å². The first-order valence-corrected chi connectivity index (χ1v) is 9.82. The van der Waals surface area contributed by atoms with E-state index in [9.17, 15) is 8.42 Å². The average molecular weight is 377 g/mol. The van der Waals surface area contributed by atoms with Crippen molar-refractivity contribution in [3.8, 4) is 0 Å². The second kappa shape index (κ2) is 5.71. The fourth-order valence-electron chi connectivity index (χ4n) is 2.80. The molecular weight excluding hydrogens is 360 g/mol. The highest BCUT2D eigenvalue weighted by Gasteiger charge is 2.27. The molecule has 0 atom stereocenters. The van der Waals surface area contributed by atoms with Crippen molar-refractivity contribution in [1.29, 1.82) is 0 Å². The Kier molecular flexibility index (Phi) is 3.73. The molecule has 1 aliphatic rings. The molecule has 1 aliphatic carbocycles. The lowest BCUT2D eigenvalue weighted by molar-refractivity contribution is 0.587. The quantitative estimate of drug-likeness (QED) is 0.705. The summed E-state index contributed by atoms with van der Waals surface area (Å²) in [5.41, 5.74) is 1.85. The van der Waals surface area contributed by atoms with Crippen LogP contribution in [-0.4, -0.2) is 28.4 Å². The molecule has 0 unspecified atom stereocenters. The summed E-state index contributed by atoms with van der Waals surface area (Å²) >= 11 is 6.06.